The number of alkyl carbamates (subject to hydrolysis) is 1. The minimum absolute atomic E-state index is 0.0739. The predicted octanol–water partition coefficient (Wildman–Crippen LogP) is 5.13. The van der Waals surface area contributed by atoms with Crippen molar-refractivity contribution in [1.29, 1.82) is 0 Å². The molecule has 2 N–H and O–H groups in total. The summed E-state index contributed by atoms with van der Waals surface area (Å²) in [6, 6.07) is 12.3. The van der Waals surface area contributed by atoms with Gasteiger partial charge in [0.1, 0.15) is 11.4 Å². The number of amides is 1. The first kappa shape index (κ1) is 22.7. The quantitative estimate of drug-likeness (QED) is 0.218. The summed E-state index contributed by atoms with van der Waals surface area (Å²) in [5.41, 5.74) is 1.77. The molecule has 0 aliphatic rings. The van der Waals surface area contributed by atoms with Gasteiger partial charge in [-0.05, 0) is 63.2 Å². The maximum atomic E-state index is 13.2. The average Bonchev–Trinajstić information content (AvgIpc) is 3.10. The first-order valence-electron chi connectivity index (χ1n) is 9.84. The number of benzene rings is 2. The van der Waals surface area contributed by atoms with E-state index >= 15 is 0 Å². The normalized spacial score (nSPS) is 13.1. The van der Waals surface area contributed by atoms with Crippen LogP contribution in [0.25, 0.3) is 10.9 Å². The highest BCUT2D eigenvalue weighted by Crippen LogP contribution is 2.28. The molecule has 3 rings (SSSR count). The van der Waals surface area contributed by atoms with Gasteiger partial charge in [0, 0.05) is 32.7 Å². The van der Waals surface area contributed by atoms with Crippen molar-refractivity contribution in [2.24, 2.45) is 0 Å². The summed E-state index contributed by atoms with van der Waals surface area (Å²) in [7, 11) is 1.59. The number of methoxy groups -OCH3 is 1. The molecule has 3 aromatic rings. The molecule has 31 heavy (non-hydrogen) atoms. The number of aromatic amines is 1. The number of aromatic nitrogens is 1. The summed E-state index contributed by atoms with van der Waals surface area (Å²) < 4.78 is 12.2. The number of nitrogens with zero attached hydrogens (tertiary/aromatic N) is 1. The number of carbonyl (C=O) groups excluding carboxylic acids is 1. The van der Waals surface area contributed by atoms with E-state index in [0.29, 0.717) is 5.75 Å². The van der Waals surface area contributed by atoms with Gasteiger partial charge in [-0.25, -0.2) is 9.53 Å². The van der Waals surface area contributed by atoms with Crippen molar-refractivity contribution in [2.45, 2.75) is 32.4 Å². The van der Waals surface area contributed by atoms with Gasteiger partial charge in [0.05, 0.1) is 13.7 Å². The van der Waals surface area contributed by atoms with Crippen LogP contribution < -0.4 is 10.1 Å². The highest BCUT2D eigenvalue weighted by molar-refractivity contribution is 9.10. The van der Waals surface area contributed by atoms with E-state index in [1.165, 1.54) is 6.21 Å². The molecule has 8 heteroatoms. The van der Waals surface area contributed by atoms with Crippen LogP contribution in [-0.2, 0) is 4.74 Å². The number of ether oxygens (including phenoxy) is 2. The van der Waals surface area contributed by atoms with Crippen LogP contribution >= 0.6 is 15.9 Å². The van der Waals surface area contributed by atoms with Crippen LogP contribution in [0.5, 0.6) is 5.75 Å². The molecule has 0 saturated carbocycles. The monoisotopic (exact) mass is 487 g/mol. The largest absolute Gasteiger partial charge is 0.623 e. The average molecular weight is 488 g/mol. The van der Waals surface area contributed by atoms with Gasteiger partial charge in [0.15, 0.2) is 6.21 Å². The molecule has 7 nitrogen and oxygen atoms in total. The molecule has 1 atom stereocenters. The molecular formula is C23H26BrN3O4. The summed E-state index contributed by atoms with van der Waals surface area (Å²) in [5, 5.41) is 16.8. The van der Waals surface area contributed by atoms with Crippen molar-refractivity contribution in [2.75, 3.05) is 13.7 Å². The molecule has 0 fully saturated rings. The number of hydrogen-bond donors (Lipinski definition) is 2. The number of hydrogen-bond acceptors (Lipinski definition) is 4. The Morgan fingerprint density at radius 3 is 2.61 bits per heavy atom. The smallest absolute Gasteiger partial charge is 0.407 e. The third kappa shape index (κ3) is 6.01. The number of halogens is 1. The SMILES string of the molecule is COc1ccc(/C=[N+](\[O-])C(CNC(=O)OC(C)(C)C)c2c[nH]c3ccc(Br)cc23)cc1. The zero-order chi connectivity index (χ0) is 22.6. The second-order valence-corrected chi connectivity index (χ2v) is 9.01. The number of carbonyl (C=O) groups is 1. The number of H-pyrrole nitrogens is 1. The lowest BCUT2D eigenvalue weighted by atomic mass is 10.1. The maximum Gasteiger partial charge on any atom is 0.407 e. The van der Waals surface area contributed by atoms with E-state index < -0.39 is 17.7 Å². The second kappa shape index (κ2) is 9.43. The van der Waals surface area contributed by atoms with Crippen LogP contribution in [-0.4, -0.2) is 41.3 Å². The van der Waals surface area contributed by atoms with Crippen molar-refractivity contribution < 1.29 is 19.0 Å². The van der Waals surface area contributed by atoms with Crippen molar-refractivity contribution in [3.63, 3.8) is 0 Å². The predicted molar refractivity (Wildman–Crippen MR) is 125 cm³/mol. The Kier molecular flexibility index (Phi) is 6.90. The van der Waals surface area contributed by atoms with Crippen molar-refractivity contribution >= 4 is 39.1 Å². The van der Waals surface area contributed by atoms with Crippen LogP contribution in [0, 0.1) is 5.21 Å². The Labute approximate surface area is 189 Å². The molecule has 2 aromatic carbocycles. The molecule has 1 amide bonds. The number of rotatable bonds is 6. The fraction of sp³-hybridized carbons (Fsp3) is 0.304. The molecule has 1 heterocycles. The van der Waals surface area contributed by atoms with Gasteiger partial charge >= 0.3 is 6.09 Å². The second-order valence-electron chi connectivity index (χ2n) is 8.09. The van der Waals surface area contributed by atoms with Crippen molar-refractivity contribution in [1.82, 2.24) is 10.3 Å². The highest BCUT2D eigenvalue weighted by atomic mass is 79.9. The topological polar surface area (TPSA) is 89.4 Å². The first-order chi connectivity index (χ1) is 14.7. The van der Waals surface area contributed by atoms with Gasteiger partial charge in [-0.1, -0.05) is 15.9 Å². The molecule has 0 aliphatic carbocycles. The highest BCUT2D eigenvalue weighted by Gasteiger charge is 2.25. The standard InChI is InChI=1S/C23H26BrN3O4/c1-23(2,3)31-22(28)26-13-21(19-12-25-20-10-7-16(24)11-18(19)20)27(29)14-15-5-8-17(30-4)9-6-15/h5-12,14,21,25H,13H2,1-4H3,(H,26,28)/b27-14-. The Balaban J connectivity index is 1.93. The van der Waals surface area contributed by atoms with E-state index in [0.717, 1.165) is 31.2 Å². The van der Waals surface area contributed by atoms with Crippen molar-refractivity contribution in [3.05, 3.63) is 69.5 Å². The summed E-state index contributed by atoms with van der Waals surface area (Å²) in [4.78, 5) is 15.4. The van der Waals surface area contributed by atoms with E-state index in [1.54, 1.807) is 58.3 Å². The van der Waals surface area contributed by atoms with E-state index in [1.807, 2.05) is 18.2 Å². The fourth-order valence-electron chi connectivity index (χ4n) is 3.15. The van der Waals surface area contributed by atoms with Crippen molar-refractivity contribution in [3.8, 4) is 5.75 Å². The zero-order valence-electron chi connectivity index (χ0n) is 17.9. The summed E-state index contributed by atoms with van der Waals surface area (Å²) in [6.07, 6.45) is 2.72. The van der Waals surface area contributed by atoms with Gasteiger partial charge in [-0.2, -0.15) is 0 Å². The summed E-state index contributed by atoms with van der Waals surface area (Å²) >= 11 is 3.48. The van der Waals surface area contributed by atoms with Gasteiger partial charge in [0.25, 0.3) is 0 Å². The Morgan fingerprint density at radius 1 is 1.26 bits per heavy atom. The van der Waals surface area contributed by atoms with Gasteiger partial charge in [-0.15, -0.1) is 0 Å². The molecule has 1 aromatic heterocycles. The lowest BCUT2D eigenvalue weighted by Gasteiger charge is -2.22. The summed E-state index contributed by atoms with van der Waals surface area (Å²) in [5.74, 6) is 0.708. The third-order valence-electron chi connectivity index (χ3n) is 4.57. The van der Waals surface area contributed by atoms with E-state index in [2.05, 4.69) is 26.2 Å². The molecule has 0 radical (unpaired) electrons. The number of fused-ring (bicyclic) bond motifs is 1. The van der Waals surface area contributed by atoms with Crippen LogP contribution in [0.15, 0.2) is 53.1 Å². The molecule has 164 valence electrons. The maximum absolute atomic E-state index is 13.2. The van der Waals surface area contributed by atoms with Crippen LogP contribution in [0.1, 0.15) is 37.9 Å². The van der Waals surface area contributed by atoms with Crippen LogP contribution in [0.2, 0.25) is 0 Å². The minimum Gasteiger partial charge on any atom is -0.623 e. The lowest BCUT2D eigenvalue weighted by molar-refractivity contribution is -0.500. The third-order valence-corrected chi connectivity index (χ3v) is 5.07. The molecule has 0 aliphatic heterocycles. The molecule has 0 spiro atoms. The molecule has 0 saturated heterocycles. The Hall–Kier alpha value is -3.00. The summed E-state index contributed by atoms with van der Waals surface area (Å²) in [6.45, 7) is 5.44. The molecule has 0 bridgehead atoms. The Morgan fingerprint density at radius 2 is 1.97 bits per heavy atom. The van der Waals surface area contributed by atoms with Crippen LogP contribution in [0.3, 0.4) is 0 Å². The molecular weight excluding hydrogens is 462 g/mol. The van der Waals surface area contributed by atoms with Gasteiger partial charge < -0.3 is 25.0 Å². The van der Waals surface area contributed by atoms with E-state index in [9.17, 15) is 10.0 Å². The number of nitrogens with one attached hydrogen (secondary N) is 2. The first-order valence-corrected chi connectivity index (χ1v) is 10.6. The van der Waals surface area contributed by atoms with E-state index in [4.69, 9.17) is 9.47 Å². The van der Waals surface area contributed by atoms with Gasteiger partial charge in [-0.3, -0.25) is 0 Å². The molecule has 1 unspecified atom stereocenters. The van der Waals surface area contributed by atoms with Gasteiger partial charge in [0.2, 0.25) is 6.04 Å². The van der Waals surface area contributed by atoms with E-state index in [-0.39, 0.29) is 6.54 Å². The fourth-order valence-corrected chi connectivity index (χ4v) is 3.51. The Bertz CT molecular complexity index is 1080. The zero-order valence-corrected chi connectivity index (χ0v) is 19.5. The minimum atomic E-state index is -0.669. The van der Waals surface area contributed by atoms with Crippen LogP contribution in [0.4, 0.5) is 4.79 Å². The lowest BCUT2D eigenvalue weighted by Crippen LogP contribution is -2.36. The number of hydroxylamine groups is 1.